The van der Waals surface area contributed by atoms with Gasteiger partial charge in [0.05, 0.1) is 24.9 Å². The van der Waals surface area contributed by atoms with Crippen LogP contribution in [-0.4, -0.2) is 55.3 Å². The molecular weight excluding hydrogens is 376 g/mol. The van der Waals surface area contributed by atoms with Gasteiger partial charge in [-0.1, -0.05) is 0 Å². The number of nitrogens with zero attached hydrogens (tertiary/aromatic N) is 2. The molecule has 2 aliphatic heterocycles. The van der Waals surface area contributed by atoms with Crippen molar-refractivity contribution in [1.29, 1.82) is 0 Å². The van der Waals surface area contributed by atoms with Gasteiger partial charge in [-0.3, -0.25) is 0 Å². The minimum absolute atomic E-state index is 0.331. The van der Waals surface area contributed by atoms with Gasteiger partial charge in [0.2, 0.25) is 0 Å². The maximum Gasteiger partial charge on any atom is 0.163 e. The molecule has 2 aromatic rings. The molecule has 6 nitrogen and oxygen atoms in total. The lowest BCUT2D eigenvalue weighted by Crippen LogP contribution is -2.24. The molecule has 6 heteroatoms. The van der Waals surface area contributed by atoms with Crippen molar-refractivity contribution in [1.82, 2.24) is 9.88 Å². The van der Waals surface area contributed by atoms with Gasteiger partial charge < -0.3 is 25.0 Å². The van der Waals surface area contributed by atoms with Crippen molar-refractivity contribution in [2.45, 2.75) is 65.0 Å². The van der Waals surface area contributed by atoms with Crippen LogP contribution in [0.1, 0.15) is 52.0 Å². The lowest BCUT2D eigenvalue weighted by Gasteiger charge is -2.28. The first-order valence-electron chi connectivity index (χ1n) is 11.5. The molecule has 4 rings (SSSR count). The lowest BCUT2D eigenvalue weighted by atomic mass is 9.96. The zero-order chi connectivity index (χ0) is 21.1. The number of anilines is 2. The van der Waals surface area contributed by atoms with Gasteiger partial charge in [-0.05, 0) is 72.0 Å². The molecule has 1 aromatic heterocycles. The number of ether oxygens (including phenoxy) is 2. The fourth-order valence-corrected chi connectivity index (χ4v) is 4.54. The number of hydrogen-bond acceptors (Lipinski definition) is 6. The summed E-state index contributed by atoms with van der Waals surface area (Å²) in [5, 5.41) is 8.34. The monoisotopic (exact) mass is 412 g/mol. The van der Waals surface area contributed by atoms with E-state index in [1.807, 2.05) is 6.07 Å². The first kappa shape index (κ1) is 21.0. The second kappa shape index (κ2) is 9.29. The van der Waals surface area contributed by atoms with Crippen molar-refractivity contribution in [2.24, 2.45) is 0 Å². The molecule has 1 aromatic carbocycles. The highest BCUT2D eigenvalue weighted by Gasteiger charge is 2.23. The molecule has 0 aliphatic carbocycles. The zero-order valence-electron chi connectivity index (χ0n) is 18.9. The van der Waals surface area contributed by atoms with Gasteiger partial charge in [0.25, 0.3) is 0 Å². The Hall–Kier alpha value is -2.21. The molecule has 2 aliphatic rings. The Morgan fingerprint density at radius 1 is 1.23 bits per heavy atom. The van der Waals surface area contributed by atoms with E-state index in [4.69, 9.17) is 14.5 Å². The summed E-state index contributed by atoms with van der Waals surface area (Å²) >= 11 is 0. The molecule has 3 heterocycles. The standard InChI is InChI=1S/C24H36N4O2/c1-16(2)25-24-18-9-8-17(3)26-23(18)19-14-21(29-4)22(15-20(19)27-24)30-13-7-12-28-10-5-6-11-28/h14-17,26H,5-13H2,1-4H3,(H,25,27). The van der Waals surface area contributed by atoms with E-state index in [0.717, 1.165) is 54.0 Å². The van der Waals surface area contributed by atoms with Crippen LogP contribution in [0.15, 0.2) is 12.1 Å². The first-order valence-corrected chi connectivity index (χ1v) is 11.5. The molecule has 0 bridgehead atoms. The van der Waals surface area contributed by atoms with E-state index in [2.05, 4.69) is 42.4 Å². The fourth-order valence-electron chi connectivity index (χ4n) is 4.54. The molecule has 0 amide bonds. The second-order valence-electron chi connectivity index (χ2n) is 8.97. The summed E-state index contributed by atoms with van der Waals surface area (Å²) in [6.45, 7) is 10.8. The van der Waals surface area contributed by atoms with Crippen molar-refractivity contribution in [2.75, 3.05) is 44.0 Å². The van der Waals surface area contributed by atoms with E-state index in [-0.39, 0.29) is 0 Å². The maximum absolute atomic E-state index is 6.15. The smallest absolute Gasteiger partial charge is 0.163 e. The molecule has 0 saturated carbocycles. The van der Waals surface area contributed by atoms with Crippen molar-refractivity contribution >= 4 is 22.4 Å². The molecule has 0 radical (unpaired) electrons. The Balaban J connectivity index is 1.61. The van der Waals surface area contributed by atoms with Gasteiger partial charge in [-0.15, -0.1) is 0 Å². The summed E-state index contributed by atoms with van der Waals surface area (Å²) in [7, 11) is 1.71. The number of pyridine rings is 1. The van der Waals surface area contributed by atoms with Crippen LogP contribution in [0.3, 0.4) is 0 Å². The summed E-state index contributed by atoms with van der Waals surface area (Å²) in [6, 6.07) is 4.90. The van der Waals surface area contributed by atoms with Crippen LogP contribution in [0.25, 0.3) is 10.9 Å². The van der Waals surface area contributed by atoms with Crippen LogP contribution in [0.5, 0.6) is 11.5 Å². The molecule has 1 fully saturated rings. The number of hydrogen-bond donors (Lipinski definition) is 2. The van der Waals surface area contributed by atoms with Crippen LogP contribution < -0.4 is 20.1 Å². The maximum atomic E-state index is 6.15. The SMILES string of the molecule is COc1cc2c3c(c(NC(C)C)nc2cc1OCCCN1CCCC1)CCC(C)N3. The van der Waals surface area contributed by atoms with Crippen molar-refractivity contribution in [3.8, 4) is 11.5 Å². The van der Waals surface area contributed by atoms with E-state index in [0.29, 0.717) is 18.7 Å². The van der Waals surface area contributed by atoms with Crippen molar-refractivity contribution in [3.63, 3.8) is 0 Å². The molecule has 2 N–H and O–H groups in total. The van der Waals surface area contributed by atoms with Gasteiger partial charge in [-0.2, -0.15) is 0 Å². The predicted molar refractivity (Wildman–Crippen MR) is 124 cm³/mol. The van der Waals surface area contributed by atoms with E-state index in [1.54, 1.807) is 7.11 Å². The molecule has 30 heavy (non-hydrogen) atoms. The van der Waals surface area contributed by atoms with Crippen LogP contribution in [-0.2, 0) is 6.42 Å². The minimum Gasteiger partial charge on any atom is -0.493 e. The summed E-state index contributed by atoms with van der Waals surface area (Å²) in [5.74, 6) is 2.53. The summed E-state index contributed by atoms with van der Waals surface area (Å²) in [4.78, 5) is 7.51. The van der Waals surface area contributed by atoms with E-state index >= 15 is 0 Å². The number of nitrogens with one attached hydrogen (secondary N) is 2. The third-order valence-electron chi connectivity index (χ3n) is 6.09. The lowest BCUT2D eigenvalue weighted by molar-refractivity contribution is 0.254. The van der Waals surface area contributed by atoms with Crippen LogP contribution in [0.4, 0.5) is 11.5 Å². The highest BCUT2D eigenvalue weighted by Crippen LogP contribution is 2.41. The Morgan fingerprint density at radius 3 is 2.77 bits per heavy atom. The second-order valence-corrected chi connectivity index (χ2v) is 8.97. The Bertz CT molecular complexity index is 877. The number of aromatic nitrogens is 1. The number of methoxy groups -OCH3 is 1. The summed E-state index contributed by atoms with van der Waals surface area (Å²) in [6.07, 6.45) is 5.82. The van der Waals surface area contributed by atoms with E-state index in [9.17, 15) is 0 Å². The van der Waals surface area contributed by atoms with Gasteiger partial charge in [0, 0.05) is 35.6 Å². The Kier molecular flexibility index (Phi) is 6.52. The summed E-state index contributed by atoms with van der Waals surface area (Å²) < 4.78 is 11.8. The Labute approximate surface area is 180 Å². The topological polar surface area (TPSA) is 58.6 Å². The van der Waals surface area contributed by atoms with Gasteiger partial charge in [-0.25, -0.2) is 4.98 Å². The number of benzene rings is 1. The average molecular weight is 413 g/mol. The van der Waals surface area contributed by atoms with Crippen LogP contribution in [0.2, 0.25) is 0 Å². The summed E-state index contributed by atoms with van der Waals surface area (Å²) in [5.41, 5.74) is 3.39. The molecule has 1 unspecified atom stereocenters. The highest BCUT2D eigenvalue weighted by molar-refractivity contribution is 5.98. The molecule has 164 valence electrons. The molecule has 1 saturated heterocycles. The van der Waals surface area contributed by atoms with Crippen molar-refractivity contribution < 1.29 is 9.47 Å². The molecule has 0 spiro atoms. The number of likely N-dealkylation sites (tertiary alicyclic amines) is 1. The number of fused-ring (bicyclic) bond motifs is 3. The van der Waals surface area contributed by atoms with E-state index in [1.165, 1.54) is 37.2 Å². The minimum atomic E-state index is 0.331. The fraction of sp³-hybridized carbons (Fsp3) is 0.625. The highest BCUT2D eigenvalue weighted by atomic mass is 16.5. The predicted octanol–water partition coefficient (Wildman–Crippen LogP) is 4.68. The Morgan fingerprint density at radius 2 is 2.03 bits per heavy atom. The van der Waals surface area contributed by atoms with E-state index < -0.39 is 0 Å². The van der Waals surface area contributed by atoms with Gasteiger partial charge >= 0.3 is 0 Å². The van der Waals surface area contributed by atoms with Crippen molar-refractivity contribution in [3.05, 3.63) is 17.7 Å². The van der Waals surface area contributed by atoms with Gasteiger partial charge in [0.1, 0.15) is 5.82 Å². The average Bonchev–Trinajstić information content (AvgIpc) is 3.24. The molecular formula is C24H36N4O2. The third-order valence-corrected chi connectivity index (χ3v) is 6.09. The number of rotatable bonds is 8. The van der Waals surface area contributed by atoms with Crippen LogP contribution >= 0.6 is 0 Å². The quantitative estimate of drug-likeness (QED) is 0.614. The zero-order valence-corrected chi connectivity index (χ0v) is 18.9. The van der Waals surface area contributed by atoms with Crippen LogP contribution in [0, 0.1) is 0 Å². The van der Waals surface area contributed by atoms with Gasteiger partial charge in [0.15, 0.2) is 11.5 Å². The normalized spacial score (nSPS) is 19.0. The largest absolute Gasteiger partial charge is 0.493 e. The third kappa shape index (κ3) is 4.59. The molecule has 1 atom stereocenters. The first-order chi connectivity index (χ1) is 14.5.